The lowest BCUT2D eigenvalue weighted by Crippen LogP contribution is -2.24. The lowest BCUT2D eigenvalue weighted by atomic mass is 9.95. The third kappa shape index (κ3) is 1.79. The van der Waals surface area contributed by atoms with Gasteiger partial charge < -0.3 is 9.84 Å². The first kappa shape index (κ1) is 11.3. The van der Waals surface area contributed by atoms with Gasteiger partial charge in [0.15, 0.2) is 5.69 Å². The van der Waals surface area contributed by atoms with Gasteiger partial charge in [-0.2, -0.15) is 20.4 Å². The second kappa shape index (κ2) is 4.53. The molecule has 2 aromatic heterocycles. The van der Waals surface area contributed by atoms with Crippen LogP contribution in [0.3, 0.4) is 0 Å². The van der Waals surface area contributed by atoms with Crippen molar-refractivity contribution in [3.8, 4) is 23.0 Å². The maximum atomic E-state index is 5.38. The van der Waals surface area contributed by atoms with E-state index in [1.165, 1.54) is 11.1 Å². The first-order chi connectivity index (χ1) is 9.92. The Morgan fingerprint density at radius 3 is 3.15 bits per heavy atom. The van der Waals surface area contributed by atoms with Crippen LogP contribution in [0.5, 0.6) is 0 Å². The van der Waals surface area contributed by atoms with Gasteiger partial charge in [-0.15, -0.1) is 0 Å². The Labute approximate surface area is 114 Å². The maximum absolute atomic E-state index is 5.38. The van der Waals surface area contributed by atoms with E-state index in [2.05, 4.69) is 36.9 Å². The van der Waals surface area contributed by atoms with E-state index in [0.717, 1.165) is 25.1 Å². The lowest BCUT2D eigenvalue weighted by molar-refractivity contribution is 0.431. The minimum Gasteiger partial charge on any atom is -0.334 e. The number of nitrogens with zero attached hydrogens (tertiary/aromatic N) is 4. The topological polar surface area (TPSA) is 92.5 Å². The average molecular weight is 268 g/mol. The van der Waals surface area contributed by atoms with Gasteiger partial charge in [0.05, 0.1) is 6.20 Å². The Kier molecular flexibility index (Phi) is 2.56. The molecular weight excluding hydrogens is 256 g/mol. The largest absolute Gasteiger partial charge is 0.334 e. The van der Waals surface area contributed by atoms with E-state index in [0.29, 0.717) is 17.4 Å². The Hall–Kier alpha value is -2.54. The summed E-state index contributed by atoms with van der Waals surface area (Å²) in [6.07, 6.45) is 2.53. The van der Waals surface area contributed by atoms with Crippen molar-refractivity contribution in [3.63, 3.8) is 0 Å². The van der Waals surface area contributed by atoms with Crippen LogP contribution in [-0.2, 0) is 13.0 Å². The second-order valence-corrected chi connectivity index (χ2v) is 4.65. The van der Waals surface area contributed by atoms with Crippen molar-refractivity contribution >= 4 is 0 Å². The van der Waals surface area contributed by atoms with Crippen molar-refractivity contribution in [2.24, 2.45) is 0 Å². The molecule has 0 saturated carbocycles. The predicted octanol–water partition coefficient (Wildman–Crippen LogP) is 1.17. The van der Waals surface area contributed by atoms with E-state index in [9.17, 15) is 0 Å². The maximum Gasteiger partial charge on any atom is 0.258 e. The van der Waals surface area contributed by atoms with Gasteiger partial charge in [-0.3, -0.25) is 0 Å². The molecule has 0 spiro atoms. The lowest BCUT2D eigenvalue weighted by Gasteiger charge is -2.18. The highest BCUT2D eigenvalue weighted by atomic mass is 16.5. The summed E-state index contributed by atoms with van der Waals surface area (Å²) in [7, 11) is 0. The van der Waals surface area contributed by atoms with Crippen LogP contribution in [0.15, 0.2) is 28.9 Å². The molecule has 100 valence electrons. The fourth-order valence-corrected chi connectivity index (χ4v) is 2.48. The number of H-pyrrole nitrogens is 1. The SMILES string of the molecule is c1cc2c(c(-c3nc(-c4cn[nH]n4)no3)c1)CCNC2. The molecule has 3 heterocycles. The van der Waals surface area contributed by atoms with Crippen molar-refractivity contribution in [2.75, 3.05) is 6.54 Å². The fourth-order valence-electron chi connectivity index (χ4n) is 2.48. The average Bonchev–Trinajstić information content (AvgIpc) is 3.17. The first-order valence-corrected chi connectivity index (χ1v) is 6.43. The van der Waals surface area contributed by atoms with Gasteiger partial charge in [0.1, 0.15) is 0 Å². The van der Waals surface area contributed by atoms with Gasteiger partial charge in [0.2, 0.25) is 5.82 Å². The highest BCUT2D eigenvalue weighted by Crippen LogP contribution is 2.28. The normalized spacial score (nSPS) is 14.2. The van der Waals surface area contributed by atoms with Crippen LogP contribution in [0.25, 0.3) is 23.0 Å². The number of aromatic nitrogens is 5. The van der Waals surface area contributed by atoms with E-state index in [1.54, 1.807) is 6.20 Å². The summed E-state index contributed by atoms with van der Waals surface area (Å²) in [4.78, 5) is 4.41. The summed E-state index contributed by atoms with van der Waals surface area (Å²) in [5, 5.41) is 17.5. The molecule has 1 aromatic carbocycles. The zero-order valence-corrected chi connectivity index (χ0v) is 10.6. The highest BCUT2D eigenvalue weighted by molar-refractivity contribution is 5.63. The Morgan fingerprint density at radius 1 is 1.25 bits per heavy atom. The van der Waals surface area contributed by atoms with Crippen LogP contribution in [0.2, 0.25) is 0 Å². The number of rotatable bonds is 2. The number of nitrogens with one attached hydrogen (secondary N) is 2. The summed E-state index contributed by atoms with van der Waals surface area (Å²) in [6, 6.07) is 6.16. The van der Waals surface area contributed by atoms with Gasteiger partial charge in [-0.1, -0.05) is 17.3 Å². The summed E-state index contributed by atoms with van der Waals surface area (Å²) in [5.41, 5.74) is 4.15. The molecule has 1 aliphatic heterocycles. The zero-order chi connectivity index (χ0) is 13.4. The van der Waals surface area contributed by atoms with Crippen LogP contribution in [0.4, 0.5) is 0 Å². The fraction of sp³-hybridized carbons (Fsp3) is 0.231. The molecule has 7 heteroatoms. The molecule has 0 aliphatic carbocycles. The summed E-state index contributed by atoms with van der Waals surface area (Å²) < 4.78 is 5.38. The summed E-state index contributed by atoms with van der Waals surface area (Å²) in [5.74, 6) is 0.974. The van der Waals surface area contributed by atoms with Crippen molar-refractivity contribution in [3.05, 3.63) is 35.5 Å². The number of fused-ring (bicyclic) bond motifs is 1. The van der Waals surface area contributed by atoms with Crippen molar-refractivity contribution < 1.29 is 4.52 Å². The van der Waals surface area contributed by atoms with Crippen LogP contribution >= 0.6 is 0 Å². The molecule has 3 aromatic rings. The van der Waals surface area contributed by atoms with Crippen molar-refractivity contribution in [1.29, 1.82) is 0 Å². The van der Waals surface area contributed by atoms with E-state index >= 15 is 0 Å². The summed E-state index contributed by atoms with van der Waals surface area (Å²) in [6.45, 7) is 1.85. The molecule has 2 N–H and O–H groups in total. The van der Waals surface area contributed by atoms with Gasteiger partial charge >= 0.3 is 0 Å². The smallest absolute Gasteiger partial charge is 0.258 e. The minimum atomic E-state index is 0.445. The third-order valence-electron chi connectivity index (χ3n) is 3.44. The van der Waals surface area contributed by atoms with E-state index < -0.39 is 0 Å². The van der Waals surface area contributed by atoms with Crippen LogP contribution < -0.4 is 5.32 Å². The quantitative estimate of drug-likeness (QED) is 0.724. The molecule has 0 radical (unpaired) electrons. The molecule has 0 atom stereocenters. The molecule has 7 nitrogen and oxygen atoms in total. The van der Waals surface area contributed by atoms with Crippen molar-refractivity contribution in [1.82, 2.24) is 30.9 Å². The Balaban J connectivity index is 1.78. The molecule has 4 rings (SSSR count). The zero-order valence-electron chi connectivity index (χ0n) is 10.6. The van der Waals surface area contributed by atoms with Gasteiger partial charge in [0, 0.05) is 12.1 Å². The predicted molar refractivity (Wildman–Crippen MR) is 70.5 cm³/mol. The Bertz CT molecular complexity index is 733. The molecule has 0 fully saturated rings. The van der Waals surface area contributed by atoms with Gasteiger partial charge in [-0.25, -0.2) is 0 Å². The first-order valence-electron chi connectivity index (χ1n) is 6.43. The summed E-state index contributed by atoms with van der Waals surface area (Å²) >= 11 is 0. The number of hydrogen-bond donors (Lipinski definition) is 2. The molecule has 0 unspecified atom stereocenters. The second-order valence-electron chi connectivity index (χ2n) is 4.65. The van der Waals surface area contributed by atoms with Gasteiger partial charge in [0.25, 0.3) is 5.89 Å². The molecule has 0 amide bonds. The number of benzene rings is 1. The molecule has 20 heavy (non-hydrogen) atoms. The molecule has 1 aliphatic rings. The van der Waals surface area contributed by atoms with Gasteiger partial charge in [-0.05, 0) is 30.2 Å². The van der Waals surface area contributed by atoms with Crippen LogP contribution in [-0.4, -0.2) is 32.1 Å². The number of hydrogen-bond acceptors (Lipinski definition) is 6. The molecular formula is C13H12N6O. The molecule has 0 saturated heterocycles. The third-order valence-corrected chi connectivity index (χ3v) is 3.44. The van der Waals surface area contributed by atoms with Crippen LogP contribution in [0, 0.1) is 0 Å². The molecule has 0 bridgehead atoms. The van der Waals surface area contributed by atoms with E-state index in [4.69, 9.17) is 4.52 Å². The highest BCUT2D eigenvalue weighted by Gasteiger charge is 2.18. The van der Waals surface area contributed by atoms with Crippen molar-refractivity contribution in [2.45, 2.75) is 13.0 Å². The minimum absolute atomic E-state index is 0.445. The Morgan fingerprint density at radius 2 is 2.25 bits per heavy atom. The van der Waals surface area contributed by atoms with E-state index in [1.807, 2.05) is 12.1 Å². The number of aromatic amines is 1. The van der Waals surface area contributed by atoms with Crippen LogP contribution in [0.1, 0.15) is 11.1 Å². The standard InChI is InChI=1S/C13H12N6O/c1-2-8-6-14-5-4-9(8)10(3-1)13-16-12(18-20-13)11-7-15-19-17-11/h1-3,7,14H,4-6H2,(H,15,17,19). The van der Waals surface area contributed by atoms with E-state index in [-0.39, 0.29) is 0 Å². The monoisotopic (exact) mass is 268 g/mol.